The first-order valence-electron chi connectivity index (χ1n) is 12.1. The highest BCUT2D eigenvalue weighted by Crippen LogP contribution is 2.42. The van der Waals surface area contributed by atoms with E-state index in [4.69, 9.17) is 21.3 Å². The lowest BCUT2D eigenvalue weighted by atomic mass is 10.1. The Morgan fingerprint density at radius 2 is 1.73 bits per heavy atom. The van der Waals surface area contributed by atoms with Crippen molar-refractivity contribution in [3.8, 4) is 11.5 Å². The first-order chi connectivity index (χ1) is 16.0. The van der Waals surface area contributed by atoms with Crippen LogP contribution in [-0.2, 0) is 0 Å². The van der Waals surface area contributed by atoms with Gasteiger partial charge in [0, 0.05) is 30.5 Å². The van der Waals surface area contributed by atoms with Gasteiger partial charge in [0.05, 0.1) is 26.0 Å². The number of halogens is 1. The van der Waals surface area contributed by atoms with E-state index in [1.54, 1.807) is 23.7 Å². The van der Waals surface area contributed by atoms with E-state index >= 15 is 0 Å². The zero-order valence-electron chi connectivity index (χ0n) is 20.2. The lowest BCUT2D eigenvalue weighted by molar-refractivity contribution is 0.222. The summed E-state index contributed by atoms with van der Waals surface area (Å²) >= 11 is 8.24. The molecule has 7 nitrogen and oxygen atoms in total. The quantitative estimate of drug-likeness (QED) is 0.171. The third-order valence-electron chi connectivity index (χ3n) is 6.00. The molecule has 2 aliphatic heterocycles. The van der Waals surface area contributed by atoms with Gasteiger partial charge >= 0.3 is 0 Å². The molecule has 2 heterocycles. The molecule has 0 aromatic heterocycles. The molecule has 0 bridgehead atoms. The lowest BCUT2D eigenvalue weighted by Gasteiger charge is -2.41. The number of hydroxylamine groups is 2. The summed E-state index contributed by atoms with van der Waals surface area (Å²) in [6, 6.07) is 7.68. The Balaban J connectivity index is 1.39. The second-order valence-corrected chi connectivity index (χ2v) is 10.2. The van der Waals surface area contributed by atoms with Crippen LogP contribution in [0.15, 0.2) is 35.8 Å². The van der Waals surface area contributed by atoms with Crippen molar-refractivity contribution in [1.82, 2.24) is 18.1 Å². The van der Waals surface area contributed by atoms with Crippen LogP contribution in [0.4, 0.5) is 0 Å². The van der Waals surface area contributed by atoms with Gasteiger partial charge in [-0.05, 0) is 57.0 Å². The van der Waals surface area contributed by atoms with Crippen LogP contribution in [0.1, 0.15) is 64.7 Å². The van der Waals surface area contributed by atoms with Gasteiger partial charge < -0.3 is 19.7 Å². The van der Waals surface area contributed by atoms with E-state index in [9.17, 15) is 5.21 Å². The van der Waals surface area contributed by atoms with Crippen LogP contribution in [-0.4, -0.2) is 58.1 Å². The molecule has 1 aromatic rings. The van der Waals surface area contributed by atoms with E-state index in [0.717, 1.165) is 79.6 Å². The van der Waals surface area contributed by atoms with Crippen molar-refractivity contribution in [2.24, 2.45) is 0 Å². The van der Waals surface area contributed by atoms with Gasteiger partial charge in [-0.15, -0.1) is 0 Å². The summed E-state index contributed by atoms with van der Waals surface area (Å²) < 4.78 is 16.9. The molecule has 186 valence electrons. The van der Waals surface area contributed by atoms with Crippen LogP contribution in [0.3, 0.4) is 0 Å². The molecule has 0 saturated heterocycles. The van der Waals surface area contributed by atoms with Crippen molar-refractivity contribution >= 4 is 23.9 Å². The number of likely N-dealkylation sites (N-methyl/N-ethyl adjacent to an activating group) is 1. The Bertz CT molecular complexity index is 752. The number of ether oxygens (including phenoxy) is 2. The van der Waals surface area contributed by atoms with Gasteiger partial charge in [-0.1, -0.05) is 39.0 Å². The number of hydrogen-bond donors (Lipinski definition) is 0. The van der Waals surface area contributed by atoms with Crippen molar-refractivity contribution in [1.29, 1.82) is 0 Å². The second-order valence-electron chi connectivity index (χ2n) is 8.65. The monoisotopic (exact) mass is 497 g/mol. The van der Waals surface area contributed by atoms with Gasteiger partial charge in [0.1, 0.15) is 23.5 Å². The maximum Gasteiger partial charge on any atom is 0.128 e. The molecule has 0 spiro atoms. The molecule has 3 rings (SSSR count). The maximum absolute atomic E-state index is 13.1. The number of methoxy groups -OCH3 is 1. The fourth-order valence-corrected chi connectivity index (χ4v) is 5.48. The number of rotatable bonds is 14. The first kappa shape index (κ1) is 26.1. The molecule has 0 saturated carbocycles. The third-order valence-corrected chi connectivity index (χ3v) is 7.39. The first-order valence-corrected chi connectivity index (χ1v) is 13.2. The van der Waals surface area contributed by atoms with Crippen molar-refractivity contribution in [2.75, 3.05) is 33.9 Å². The Hall–Kier alpha value is -1.48. The SMILES string of the molecule is CCCCCCC1N([O-])C2=C(CN(C)SN2CCCCCCOc2ccc(OC)cc2)N1Cl. The van der Waals surface area contributed by atoms with E-state index in [1.165, 1.54) is 12.8 Å². The van der Waals surface area contributed by atoms with Crippen molar-refractivity contribution in [3.63, 3.8) is 0 Å². The summed E-state index contributed by atoms with van der Waals surface area (Å²) in [6.07, 6.45) is 9.31. The molecule has 9 heteroatoms. The average Bonchev–Trinajstić information content (AvgIpc) is 3.05. The van der Waals surface area contributed by atoms with E-state index in [2.05, 4.69) is 15.5 Å². The van der Waals surface area contributed by atoms with E-state index in [0.29, 0.717) is 13.2 Å². The molecule has 1 unspecified atom stereocenters. The lowest BCUT2D eigenvalue weighted by Crippen LogP contribution is -2.36. The summed E-state index contributed by atoms with van der Waals surface area (Å²) in [6.45, 7) is 4.42. The van der Waals surface area contributed by atoms with Gasteiger partial charge in [-0.2, -0.15) is 0 Å². The normalized spacial score (nSPS) is 18.8. The molecule has 0 fully saturated rings. The average molecular weight is 498 g/mol. The fraction of sp³-hybridized carbons (Fsp3) is 0.667. The fourth-order valence-electron chi connectivity index (χ4n) is 4.18. The number of nitrogens with zero attached hydrogens (tertiary/aromatic N) is 4. The van der Waals surface area contributed by atoms with Crippen LogP contribution in [0.5, 0.6) is 11.5 Å². The van der Waals surface area contributed by atoms with Crippen molar-refractivity contribution < 1.29 is 9.47 Å². The molecule has 2 aliphatic rings. The maximum atomic E-state index is 13.1. The van der Waals surface area contributed by atoms with Crippen molar-refractivity contribution in [2.45, 2.75) is 70.9 Å². The second kappa shape index (κ2) is 13.4. The standard InChI is InChI=1S/C24H38ClN4O3S/c1-4-5-6-9-12-23-28(25)22-19-26(2)33-27(24(22)29(23)30)17-10-7-8-11-18-32-21-15-13-20(31-3)14-16-21/h13-16,23H,4-12,17-19H2,1-3H3/q-1. The highest BCUT2D eigenvalue weighted by molar-refractivity contribution is 7.94. The Morgan fingerprint density at radius 1 is 1.03 bits per heavy atom. The molecular weight excluding hydrogens is 460 g/mol. The minimum absolute atomic E-state index is 0.293. The Kier molecular flexibility index (Phi) is 10.6. The summed E-state index contributed by atoms with van der Waals surface area (Å²) in [4.78, 5) is 0. The van der Waals surface area contributed by atoms with E-state index in [1.807, 2.05) is 31.3 Å². The largest absolute Gasteiger partial charge is 0.756 e. The molecule has 0 amide bonds. The van der Waals surface area contributed by atoms with Crippen LogP contribution < -0.4 is 9.47 Å². The summed E-state index contributed by atoms with van der Waals surface area (Å²) in [5, 5.41) is 14.3. The predicted octanol–water partition coefficient (Wildman–Crippen LogP) is 6.18. The van der Waals surface area contributed by atoms with Crippen LogP contribution >= 0.6 is 23.9 Å². The molecule has 1 aromatic carbocycles. The molecule has 1 atom stereocenters. The van der Waals surface area contributed by atoms with Gasteiger partial charge in [0.25, 0.3) is 0 Å². The topological polar surface area (TPSA) is 54.5 Å². The number of benzene rings is 1. The number of hydrogen-bond acceptors (Lipinski definition) is 8. The molecule has 0 radical (unpaired) electrons. The van der Waals surface area contributed by atoms with Crippen LogP contribution in [0, 0.1) is 5.21 Å². The summed E-state index contributed by atoms with van der Waals surface area (Å²) in [5.74, 6) is 2.45. The smallest absolute Gasteiger partial charge is 0.128 e. The van der Waals surface area contributed by atoms with E-state index < -0.39 is 0 Å². The van der Waals surface area contributed by atoms with Gasteiger partial charge in [0.2, 0.25) is 0 Å². The van der Waals surface area contributed by atoms with Gasteiger partial charge in [-0.3, -0.25) is 8.72 Å². The third kappa shape index (κ3) is 7.25. The molecule has 0 aliphatic carbocycles. The van der Waals surface area contributed by atoms with Gasteiger partial charge in [-0.25, -0.2) is 4.31 Å². The van der Waals surface area contributed by atoms with Gasteiger partial charge in [0.15, 0.2) is 0 Å². The highest BCUT2D eigenvalue weighted by atomic mass is 35.5. The highest BCUT2D eigenvalue weighted by Gasteiger charge is 2.39. The van der Waals surface area contributed by atoms with E-state index in [-0.39, 0.29) is 6.17 Å². The summed E-state index contributed by atoms with van der Waals surface area (Å²) in [5.41, 5.74) is 0.932. The molecule has 33 heavy (non-hydrogen) atoms. The van der Waals surface area contributed by atoms with Crippen LogP contribution in [0.25, 0.3) is 0 Å². The molecule has 0 N–H and O–H groups in total. The minimum atomic E-state index is -0.293. The predicted molar refractivity (Wildman–Crippen MR) is 136 cm³/mol. The zero-order valence-corrected chi connectivity index (χ0v) is 21.7. The summed E-state index contributed by atoms with van der Waals surface area (Å²) in [7, 11) is 3.71. The molecular formula is C24H38ClN4O3S-. The minimum Gasteiger partial charge on any atom is -0.756 e. The Labute approximate surface area is 208 Å². The number of unbranched alkanes of at least 4 members (excludes halogenated alkanes) is 6. The zero-order chi connectivity index (χ0) is 23.6. The van der Waals surface area contributed by atoms with Crippen LogP contribution in [0.2, 0.25) is 0 Å². The Morgan fingerprint density at radius 3 is 2.45 bits per heavy atom. The van der Waals surface area contributed by atoms with Crippen molar-refractivity contribution in [3.05, 3.63) is 41.0 Å².